The molecule has 0 saturated heterocycles. The van der Waals surface area contributed by atoms with Crippen LogP contribution in [0.4, 0.5) is 22.7 Å². The lowest BCUT2D eigenvalue weighted by Gasteiger charge is -2.15. The van der Waals surface area contributed by atoms with E-state index < -0.39 is 16.7 Å². The van der Waals surface area contributed by atoms with Crippen LogP contribution in [0.15, 0.2) is 83.0 Å². The Balaban J connectivity index is 1.71. The zero-order chi connectivity index (χ0) is 19.7. The summed E-state index contributed by atoms with van der Waals surface area (Å²) in [4.78, 5) is 36.9. The number of fused-ring (bicyclic) bond motifs is 1. The van der Waals surface area contributed by atoms with Crippen molar-refractivity contribution in [3.05, 3.63) is 94.0 Å². The van der Waals surface area contributed by atoms with Gasteiger partial charge in [0.25, 0.3) is 17.5 Å². The fraction of sp³-hybridized carbons (Fsp3) is 0. The highest BCUT2D eigenvalue weighted by atomic mass is 16.6. The van der Waals surface area contributed by atoms with Gasteiger partial charge in [0.15, 0.2) is 0 Å². The van der Waals surface area contributed by atoms with Crippen LogP contribution in [0.5, 0.6) is 0 Å². The number of imide groups is 1. The van der Waals surface area contributed by atoms with Crippen LogP contribution in [0.25, 0.3) is 0 Å². The smallest absolute Gasteiger partial charge is 0.268 e. The molecule has 0 radical (unpaired) electrons. The second-order valence-corrected chi connectivity index (χ2v) is 5.96. The fourth-order valence-electron chi connectivity index (χ4n) is 2.93. The molecule has 0 aromatic heterocycles. The summed E-state index contributed by atoms with van der Waals surface area (Å²) in [6, 6.07) is 18.9. The lowest BCUT2D eigenvalue weighted by molar-refractivity contribution is -0.384. The van der Waals surface area contributed by atoms with Crippen molar-refractivity contribution < 1.29 is 14.5 Å². The molecule has 1 aliphatic heterocycles. The zero-order valence-corrected chi connectivity index (χ0v) is 14.4. The highest BCUT2D eigenvalue weighted by molar-refractivity contribution is 6.35. The minimum atomic E-state index is -0.522. The van der Waals surface area contributed by atoms with E-state index in [1.807, 2.05) is 0 Å². The number of benzene rings is 3. The molecule has 8 nitrogen and oxygen atoms in total. The molecule has 3 aromatic rings. The molecule has 28 heavy (non-hydrogen) atoms. The lowest BCUT2D eigenvalue weighted by atomic mass is 10.1. The molecule has 2 amide bonds. The van der Waals surface area contributed by atoms with Crippen LogP contribution < -0.4 is 4.90 Å². The molecular weight excluding hydrogens is 360 g/mol. The number of non-ortho nitro benzene ring substituents is 1. The number of nitrogens with zero attached hydrogens (tertiary/aromatic N) is 4. The molecule has 1 aliphatic rings. The van der Waals surface area contributed by atoms with Crippen molar-refractivity contribution >= 4 is 34.6 Å². The second-order valence-electron chi connectivity index (χ2n) is 5.96. The van der Waals surface area contributed by atoms with Crippen LogP contribution in [-0.4, -0.2) is 16.7 Å². The van der Waals surface area contributed by atoms with E-state index in [-0.39, 0.29) is 11.4 Å². The second kappa shape index (κ2) is 6.84. The van der Waals surface area contributed by atoms with Gasteiger partial charge in [-0.1, -0.05) is 30.3 Å². The Hall–Kier alpha value is -4.20. The van der Waals surface area contributed by atoms with Gasteiger partial charge in [0.1, 0.15) is 5.69 Å². The molecule has 0 bridgehead atoms. The van der Waals surface area contributed by atoms with Gasteiger partial charge in [0.2, 0.25) is 0 Å². The summed E-state index contributed by atoms with van der Waals surface area (Å²) in [5.74, 6) is -0.864. The molecule has 8 heteroatoms. The van der Waals surface area contributed by atoms with Crippen molar-refractivity contribution in [2.75, 3.05) is 4.90 Å². The Morgan fingerprint density at radius 2 is 1.43 bits per heavy atom. The predicted octanol–water partition coefficient (Wildman–Crippen LogP) is 4.81. The average Bonchev–Trinajstić information content (AvgIpc) is 2.97. The lowest BCUT2D eigenvalue weighted by Crippen LogP contribution is -2.29. The van der Waals surface area contributed by atoms with Gasteiger partial charge >= 0.3 is 0 Å². The first-order valence-corrected chi connectivity index (χ1v) is 8.29. The summed E-state index contributed by atoms with van der Waals surface area (Å²) >= 11 is 0. The number of carbonyl (C=O) groups is 2. The van der Waals surface area contributed by atoms with Crippen molar-refractivity contribution in [3.63, 3.8) is 0 Å². The molecule has 1 heterocycles. The van der Waals surface area contributed by atoms with Crippen LogP contribution in [0.2, 0.25) is 0 Å². The third-order valence-electron chi connectivity index (χ3n) is 4.23. The standard InChI is InChI=1S/C20H12N4O4/c25-19-15-8-1-2-9-16(15)20(26)23(19)18-11-4-3-10-17(18)22-21-13-6-5-7-14(12-13)24(27)28/h1-12H. The van der Waals surface area contributed by atoms with Crippen LogP contribution in [0, 0.1) is 10.1 Å². The number of nitro groups is 1. The number of amides is 2. The van der Waals surface area contributed by atoms with Crippen LogP contribution in [0.1, 0.15) is 20.7 Å². The first-order chi connectivity index (χ1) is 13.6. The van der Waals surface area contributed by atoms with Crippen LogP contribution in [-0.2, 0) is 0 Å². The van der Waals surface area contributed by atoms with Gasteiger partial charge in [0, 0.05) is 12.1 Å². The van der Waals surface area contributed by atoms with Gasteiger partial charge in [-0.15, -0.1) is 5.11 Å². The number of nitro benzene ring substituents is 1. The monoisotopic (exact) mass is 372 g/mol. The fourth-order valence-corrected chi connectivity index (χ4v) is 2.93. The summed E-state index contributed by atoms with van der Waals surface area (Å²) < 4.78 is 0. The highest BCUT2D eigenvalue weighted by Gasteiger charge is 2.37. The first kappa shape index (κ1) is 17.2. The molecule has 0 N–H and O–H groups in total. The number of carbonyl (C=O) groups excluding carboxylic acids is 2. The SMILES string of the molecule is O=C1c2ccccc2C(=O)N1c1ccccc1N=Nc1cccc([N+](=O)[O-])c1. The van der Waals surface area contributed by atoms with Crippen molar-refractivity contribution in [3.8, 4) is 0 Å². The van der Waals surface area contributed by atoms with Crippen molar-refractivity contribution in [1.29, 1.82) is 0 Å². The maximum atomic E-state index is 12.7. The highest BCUT2D eigenvalue weighted by Crippen LogP contribution is 2.35. The molecule has 0 atom stereocenters. The quantitative estimate of drug-likeness (QED) is 0.283. The van der Waals surface area contributed by atoms with Crippen molar-refractivity contribution in [2.45, 2.75) is 0 Å². The number of rotatable bonds is 4. The molecular formula is C20H12N4O4. The van der Waals surface area contributed by atoms with Gasteiger partial charge in [-0.3, -0.25) is 19.7 Å². The normalized spacial score (nSPS) is 13.2. The third-order valence-corrected chi connectivity index (χ3v) is 4.23. The van der Waals surface area contributed by atoms with Gasteiger partial charge in [-0.25, -0.2) is 4.90 Å². The Labute approximate surface area is 158 Å². The summed E-state index contributed by atoms with van der Waals surface area (Å²) in [7, 11) is 0. The largest absolute Gasteiger partial charge is 0.271 e. The predicted molar refractivity (Wildman–Crippen MR) is 101 cm³/mol. The maximum Gasteiger partial charge on any atom is 0.271 e. The zero-order valence-electron chi connectivity index (χ0n) is 14.4. The van der Waals surface area contributed by atoms with E-state index in [1.54, 1.807) is 54.6 Å². The Morgan fingerprint density at radius 3 is 2.11 bits per heavy atom. The number of hydrogen-bond donors (Lipinski definition) is 0. The minimum Gasteiger partial charge on any atom is -0.268 e. The number of hydrogen-bond acceptors (Lipinski definition) is 6. The van der Waals surface area contributed by atoms with Gasteiger partial charge in [-0.2, -0.15) is 5.11 Å². The molecule has 0 saturated carbocycles. The summed E-state index contributed by atoms with van der Waals surface area (Å²) in [5, 5.41) is 19.0. The molecule has 4 rings (SSSR count). The van der Waals surface area contributed by atoms with E-state index in [9.17, 15) is 19.7 Å². The van der Waals surface area contributed by atoms with E-state index in [2.05, 4.69) is 10.2 Å². The van der Waals surface area contributed by atoms with E-state index in [0.29, 0.717) is 22.5 Å². The Morgan fingerprint density at radius 1 is 0.786 bits per heavy atom. The number of anilines is 1. The topological polar surface area (TPSA) is 105 Å². The van der Waals surface area contributed by atoms with Gasteiger partial charge < -0.3 is 0 Å². The van der Waals surface area contributed by atoms with Gasteiger partial charge in [-0.05, 0) is 30.3 Å². The van der Waals surface area contributed by atoms with E-state index in [1.165, 1.54) is 18.2 Å². The molecule has 0 fully saturated rings. The molecule has 0 aliphatic carbocycles. The number of para-hydroxylation sites is 1. The molecule has 0 unspecified atom stereocenters. The summed E-state index contributed by atoms with van der Waals surface area (Å²) in [6.45, 7) is 0. The molecule has 3 aromatic carbocycles. The van der Waals surface area contributed by atoms with Crippen molar-refractivity contribution in [2.24, 2.45) is 10.2 Å². The minimum absolute atomic E-state index is 0.106. The van der Waals surface area contributed by atoms with E-state index in [0.717, 1.165) is 4.90 Å². The van der Waals surface area contributed by atoms with Gasteiger partial charge in [0.05, 0.1) is 27.4 Å². The Bertz CT molecular complexity index is 1120. The van der Waals surface area contributed by atoms with E-state index >= 15 is 0 Å². The average molecular weight is 372 g/mol. The van der Waals surface area contributed by atoms with Crippen LogP contribution in [0.3, 0.4) is 0 Å². The summed E-state index contributed by atoms with van der Waals surface area (Å²) in [6.07, 6.45) is 0. The molecule has 136 valence electrons. The Kier molecular flexibility index (Phi) is 4.21. The van der Waals surface area contributed by atoms with Crippen LogP contribution >= 0.6 is 0 Å². The number of azo groups is 1. The van der Waals surface area contributed by atoms with E-state index in [4.69, 9.17) is 0 Å². The first-order valence-electron chi connectivity index (χ1n) is 8.29. The molecule has 0 spiro atoms. The van der Waals surface area contributed by atoms with Crippen molar-refractivity contribution in [1.82, 2.24) is 0 Å². The third kappa shape index (κ3) is 2.92. The summed E-state index contributed by atoms with van der Waals surface area (Å²) in [5.41, 5.74) is 1.43. The maximum absolute atomic E-state index is 12.7.